The van der Waals surface area contributed by atoms with Gasteiger partial charge in [-0.3, -0.25) is 14.6 Å². The number of carbonyl (C=O) groups excluding carboxylic acids is 2. The number of pyridine rings is 1. The normalized spacial score (nSPS) is 10.4. The Morgan fingerprint density at radius 3 is 1.88 bits per heavy atom. The van der Waals surface area contributed by atoms with E-state index in [1.165, 1.54) is 28.9 Å². The number of hydrogen-bond acceptors (Lipinski definition) is 5. The molecule has 3 heterocycles. The number of anilines is 2. The predicted molar refractivity (Wildman–Crippen MR) is 104 cm³/mol. The van der Waals surface area contributed by atoms with Crippen molar-refractivity contribution >= 4 is 77.7 Å². The Morgan fingerprint density at radius 2 is 1.38 bits per heavy atom. The molecule has 0 fully saturated rings. The Morgan fingerprint density at radius 1 is 0.833 bits per heavy atom. The molecule has 0 atom stereocenters. The first kappa shape index (κ1) is 17.3. The lowest BCUT2D eigenvalue weighted by Gasteiger charge is -2.10. The molecule has 0 bridgehead atoms. The van der Waals surface area contributed by atoms with Gasteiger partial charge >= 0.3 is 0 Å². The van der Waals surface area contributed by atoms with Gasteiger partial charge in [-0.1, -0.05) is 0 Å². The van der Waals surface area contributed by atoms with Crippen molar-refractivity contribution in [3.05, 3.63) is 60.1 Å². The molecule has 3 rings (SSSR count). The highest BCUT2D eigenvalue weighted by Gasteiger charge is 2.14. The first-order valence-corrected chi connectivity index (χ1v) is 9.82. The third-order valence-corrected chi connectivity index (χ3v) is 6.16. The van der Waals surface area contributed by atoms with Crippen molar-refractivity contribution in [3.63, 3.8) is 0 Å². The second-order valence-electron chi connectivity index (χ2n) is 4.54. The monoisotopic (exact) mass is 485 g/mol. The van der Waals surface area contributed by atoms with Crippen LogP contribution in [-0.4, -0.2) is 16.8 Å². The first-order chi connectivity index (χ1) is 11.5. The standard InChI is InChI=1S/C15H9Br2N3O2S2/c16-12-3-1-10(23-12)14(21)19-8-5-6-18-7-9(8)20-15(22)11-2-4-13(17)24-11/h1-7H,(H,20,22)(H,18,19,21). The zero-order valence-corrected chi connectivity index (χ0v) is 16.7. The predicted octanol–water partition coefficient (Wildman–Crippen LogP) is 5.23. The Labute approximate surface area is 162 Å². The summed E-state index contributed by atoms with van der Waals surface area (Å²) in [5, 5.41) is 5.56. The van der Waals surface area contributed by atoms with Gasteiger partial charge in [0.15, 0.2) is 0 Å². The molecule has 0 aromatic carbocycles. The van der Waals surface area contributed by atoms with E-state index >= 15 is 0 Å². The van der Waals surface area contributed by atoms with E-state index < -0.39 is 0 Å². The number of rotatable bonds is 4. The quantitative estimate of drug-likeness (QED) is 0.530. The molecule has 0 aliphatic carbocycles. The van der Waals surface area contributed by atoms with Crippen LogP contribution in [0.25, 0.3) is 0 Å². The smallest absolute Gasteiger partial charge is 0.265 e. The lowest BCUT2D eigenvalue weighted by molar-refractivity contribution is 0.102. The van der Waals surface area contributed by atoms with Gasteiger partial charge in [0, 0.05) is 6.20 Å². The summed E-state index contributed by atoms with van der Waals surface area (Å²) in [5.74, 6) is -0.501. The summed E-state index contributed by atoms with van der Waals surface area (Å²) >= 11 is 9.32. The third-order valence-electron chi connectivity index (χ3n) is 2.91. The SMILES string of the molecule is O=C(Nc1ccncc1NC(=O)c1ccc(Br)s1)c1ccc(Br)s1. The molecule has 3 aromatic heterocycles. The van der Waals surface area contributed by atoms with E-state index in [9.17, 15) is 9.59 Å². The number of nitrogens with zero attached hydrogens (tertiary/aromatic N) is 1. The molecule has 0 aliphatic heterocycles. The fraction of sp³-hybridized carbons (Fsp3) is 0. The second kappa shape index (κ2) is 7.56. The molecular weight excluding hydrogens is 478 g/mol. The van der Waals surface area contributed by atoms with E-state index in [0.29, 0.717) is 21.1 Å². The summed E-state index contributed by atoms with van der Waals surface area (Å²) in [6, 6.07) is 8.71. The van der Waals surface area contributed by atoms with Crippen LogP contribution >= 0.6 is 54.5 Å². The van der Waals surface area contributed by atoms with Gasteiger partial charge in [0.05, 0.1) is 34.9 Å². The van der Waals surface area contributed by atoms with Crippen molar-refractivity contribution in [1.82, 2.24) is 4.98 Å². The van der Waals surface area contributed by atoms with Crippen LogP contribution in [0, 0.1) is 0 Å². The molecule has 0 aliphatic rings. The average molecular weight is 487 g/mol. The van der Waals surface area contributed by atoms with Crippen LogP contribution in [0.5, 0.6) is 0 Å². The molecule has 0 saturated carbocycles. The van der Waals surface area contributed by atoms with Gasteiger partial charge in [0.1, 0.15) is 0 Å². The zero-order valence-electron chi connectivity index (χ0n) is 11.9. The van der Waals surface area contributed by atoms with Gasteiger partial charge in [-0.25, -0.2) is 0 Å². The molecule has 0 unspecified atom stereocenters. The van der Waals surface area contributed by atoms with Gasteiger partial charge in [0.2, 0.25) is 0 Å². The van der Waals surface area contributed by atoms with Crippen LogP contribution in [0.4, 0.5) is 11.4 Å². The summed E-state index contributed by atoms with van der Waals surface area (Å²) < 4.78 is 1.75. The number of amides is 2. The maximum atomic E-state index is 12.3. The number of halogens is 2. The van der Waals surface area contributed by atoms with Crippen molar-refractivity contribution < 1.29 is 9.59 Å². The van der Waals surface area contributed by atoms with E-state index in [1.54, 1.807) is 30.5 Å². The van der Waals surface area contributed by atoms with E-state index in [-0.39, 0.29) is 11.8 Å². The van der Waals surface area contributed by atoms with Gasteiger partial charge in [-0.05, 0) is 62.2 Å². The minimum atomic E-state index is -0.256. The van der Waals surface area contributed by atoms with Crippen LogP contribution < -0.4 is 10.6 Å². The molecule has 2 amide bonds. The van der Waals surface area contributed by atoms with Crippen molar-refractivity contribution in [1.29, 1.82) is 0 Å². The Kier molecular flexibility index (Phi) is 5.44. The van der Waals surface area contributed by atoms with Crippen LogP contribution in [0.15, 0.2) is 50.3 Å². The minimum absolute atomic E-state index is 0.244. The summed E-state index contributed by atoms with van der Waals surface area (Å²) in [4.78, 5) is 29.7. The fourth-order valence-corrected chi connectivity index (χ4v) is 4.41. The van der Waals surface area contributed by atoms with Crippen LogP contribution in [0.1, 0.15) is 19.3 Å². The van der Waals surface area contributed by atoms with E-state index in [0.717, 1.165) is 7.57 Å². The maximum Gasteiger partial charge on any atom is 0.265 e. The van der Waals surface area contributed by atoms with Crippen molar-refractivity contribution in [2.24, 2.45) is 0 Å². The summed E-state index contributed by atoms with van der Waals surface area (Å²) in [6.45, 7) is 0. The van der Waals surface area contributed by atoms with Crippen LogP contribution in [0.3, 0.4) is 0 Å². The number of hydrogen-bond donors (Lipinski definition) is 2. The van der Waals surface area contributed by atoms with Crippen LogP contribution in [0.2, 0.25) is 0 Å². The molecule has 0 saturated heterocycles. The summed E-state index contributed by atoms with van der Waals surface area (Å²) in [5.41, 5.74) is 0.930. The number of thiophene rings is 2. The van der Waals surface area contributed by atoms with Crippen molar-refractivity contribution in [2.45, 2.75) is 0 Å². The Bertz CT molecular complexity index is 834. The average Bonchev–Trinajstić information content (AvgIpc) is 3.18. The molecule has 3 aromatic rings. The number of aromatic nitrogens is 1. The van der Waals surface area contributed by atoms with Gasteiger partial charge < -0.3 is 10.6 Å². The molecule has 2 N–H and O–H groups in total. The first-order valence-electron chi connectivity index (χ1n) is 6.60. The lowest BCUT2D eigenvalue weighted by atomic mass is 10.3. The van der Waals surface area contributed by atoms with Gasteiger partial charge in [-0.15, -0.1) is 22.7 Å². The highest BCUT2D eigenvalue weighted by molar-refractivity contribution is 9.11. The van der Waals surface area contributed by atoms with Gasteiger partial charge in [-0.2, -0.15) is 0 Å². The molecule has 24 heavy (non-hydrogen) atoms. The zero-order chi connectivity index (χ0) is 17.1. The number of nitrogens with one attached hydrogen (secondary N) is 2. The second-order valence-corrected chi connectivity index (χ2v) is 9.46. The summed E-state index contributed by atoms with van der Waals surface area (Å²) in [6.07, 6.45) is 3.05. The minimum Gasteiger partial charge on any atom is -0.319 e. The molecule has 5 nitrogen and oxygen atoms in total. The number of carbonyl (C=O) groups is 2. The molecule has 0 radical (unpaired) electrons. The van der Waals surface area contributed by atoms with Crippen molar-refractivity contribution in [2.75, 3.05) is 10.6 Å². The Hall–Kier alpha value is -1.55. The highest BCUT2D eigenvalue weighted by atomic mass is 79.9. The summed E-state index contributed by atoms with van der Waals surface area (Å²) in [7, 11) is 0. The van der Waals surface area contributed by atoms with Crippen LogP contribution in [-0.2, 0) is 0 Å². The topological polar surface area (TPSA) is 71.1 Å². The van der Waals surface area contributed by atoms with Crippen molar-refractivity contribution in [3.8, 4) is 0 Å². The highest BCUT2D eigenvalue weighted by Crippen LogP contribution is 2.27. The molecule has 122 valence electrons. The van der Waals surface area contributed by atoms with E-state index in [1.807, 2.05) is 6.07 Å². The lowest BCUT2D eigenvalue weighted by Crippen LogP contribution is -2.15. The Balaban J connectivity index is 1.78. The van der Waals surface area contributed by atoms with Gasteiger partial charge in [0.25, 0.3) is 11.8 Å². The third kappa shape index (κ3) is 4.10. The van der Waals surface area contributed by atoms with E-state index in [2.05, 4.69) is 47.5 Å². The molecule has 0 spiro atoms. The largest absolute Gasteiger partial charge is 0.319 e. The van der Waals surface area contributed by atoms with E-state index in [4.69, 9.17) is 0 Å². The maximum absolute atomic E-state index is 12.3. The molecular formula is C15H9Br2N3O2S2. The molecule has 9 heteroatoms. The fourth-order valence-electron chi connectivity index (χ4n) is 1.84.